The van der Waals surface area contributed by atoms with Gasteiger partial charge in [-0.1, -0.05) is 0 Å². The molecule has 9 heteroatoms. The molecule has 90 valence electrons. The van der Waals surface area contributed by atoms with Gasteiger partial charge in [-0.25, -0.2) is 0 Å². The maximum Gasteiger partial charge on any atom is 0.573 e. The number of halogens is 3. The van der Waals surface area contributed by atoms with Gasteiger partial charge < -0.3 is 4.74 Å². The number of hydrogen-bond acceptors (Lipinski definition) is 5. The molecule has 0 aliphatic carbocycles. The molecule has 1 aromatic rings. The highest BCUT2D eigenvalue weighted by molar-refractivity contribution is 5.45. The number of rotatable bonds is 3. The van der Waals surface area contributed by atoms with E-state index in [1.54, 1.807) is 6.07 Å². The van der Waals surface area contributed by atoms with Crippen LogP contribution in [0.25, 0.3) is 0 Å². The van der Waals surface area contributed by atoms with Crippen LogP contribution in [0.15, 0.2) is 12.3 Å². The van der Waals surface area contributed by atoms with Crippen molar-refractivity contribution in [3.8, 4) is 11.8 Å². The number of alkyl halides is 3. The summed E-state index contributed by atoms with van der Waals surface area (Å²) in [6.07, 6.45) is -4.71. The summed E-state index contributed by atoms with van der Waals surface area (Å²) in [6, 6.07) is 2.44. The zero-order valence-electron chi connectivity index (χ0n) is 8.06. The third-order valence-electron chi connectivity index (χ3n) is 1.59. The van der Waals surface area contributed by atoms with E-state index in [4.69, 9.17) is 5.26 Å². The molecule has 0 aliphatic heterocycles. The fourth-order valence-electron chi connectivity index (χ4n) is 0.998. The smallest absolute Gasteiger partial charge is 0.397 e. The first-order valence-corrected chi connectivity index (χ1v) is 4.09. The number of pyridine rings is 1. The molecule has 1 aromatic heterocycles. The van der Waals surface area contributed by atoms with E-state index in [2.05, 4.69) is 9.72 Å². The highest BCUT2D eigenvalue weighted by atomic mass is 19.4. The second-order valence-corrected chi connectivity index (χ2v) is 2.78. The number of hydrogen-bond donors (Lipinski definition) is 0. The quantitative estimate of drug-likeness (QED) is 0.601. The van der Waals surface area contributed by atoms with Gasteiger partial charge in [0, 0.05) is 6.07 Å². The van der Waals surface area contributed by atoms with Crippen molar-refractivity contribution in [3.05, 3.63) is 28.1 Å². The van der Waals surface area contributed by atoms with E-state index in [0.717, 1.165) is 6.07 Å². The molecular formula is C8H4F3N3O3. The van der Waals surface area contributed by atoms with Gasteiger partial charge in [-0.2, -0.15) is 5.26 Å². The van der Waals surface area contributed by atoms with Crippen molar-refractivity contribution in [2.24, 2.45) is 0 Å². The minimum Gasteiger partial charge on any atom is -0.397 e. The van der Waals surface area contributed by atoms with Gasteiger partial charge in [0.15, 0.2) is 0 Å². The van der Waals surface area contributed by atoms with Crippen molar-refractivity contribution in [1.29, 1.82) is 5.26 Å². The zero-order valence-corrected chi connectivity index (χ0v) is 8.06. The molecule has 0 N–H and O–H groups in total. The van der Waals surface area contributed by atoms with Crippen LogP contribution in [0.5, 0.6) is 5.75 Å². The van der Waals surface area contributed by atoms with Crippen LogP contribution >= 0.6 is 0 Å². The normalized spacial score (nSPS) is 10.7. The Balaban J connectivity index is 3.14. The van der Waals surface area contributed by atoms with E-state index < -0.39 is 22.7 Å². The molecular weight excluding hydrogens is 243 g/mol. The van der Waals surface area contributed by atoms with Crippen molar-refractivity contribution in [2.75, 3.05) is 0 Å². The van der Waals surface area contributed by atoms with Crippen molar-refractivity contribution < 1.29 is 22.8 Å². The highest BCUT2D eigenvalue weighted by Crippen LogP contribution is 2.31. The molecule has 0 amide bonds. The van der Waals surface area contributed by atoms with Crippen LogP contribution in [-0.2, 0) is 6.42 Å². The number of nitriles is 1. The lowest BCUT2D eigenvalue weighted by atomic mass is 10.2. The predicted octanol–water partition coefficient (Wildman–Crippen LogP) is 1.95. The molecule has 0 fully saturated rings. The first-order valence-electron chi connectivity index (χ1n) is 4.09. The first kappa shape index (κ1) is 12.7. The Kier molecular flexibility index (Phi) is 3.47. The monoisotopic (exact) mass is 247 g/mol. The summed E-state index contributed by atoms with van der Waals surface area (Å²) >= 11 is 0. The molecule has 0 saturated heterocycles. The summed E-state index contributed by atoms with van der Waals surface area (Å²) in [5.41, 5.74) is -0.892. The molecule has 0 radical (unpaired) electrons. The molecule has 17 heavy (non-hydrogen) atoms. The van der Waals surface area contributed by atoms with Gasteiger partial charge in [-0.3, -0.25) is 15.1 Å². The molecule has 0 unspecified atom stereocenters. The minimum atomic E-state index is -5.04. The predicted molar refractivity (Wildman–Crippen MR) is 46.9 cm³/mol. The van der Waals surface area contributed by atoms with Crippen LogP contribution in [0.1, 0.15) is 5.69 Å². The highest BCUT2D eigenvalue weighted by Gasteiger charge is 2.34. The fourth-order valence-corrected chi connectivity index (χ4v) is 0.998. The molecule has 0 saturated carbocycles. The third-order valence-corrected chi connectivity index (χ3v) is 1.59. The molecule has 1 rings (SSSR count). The van der Waals surface area contributed by atoms with Crippen molar-refractivity contribution in [3.63, 3.8) is 0 Å². The summed E-state index contributed by atoms with van der Waals surface area (Å²) in [5.74, 6) is -1.01. The molecule has 0 bridgehead atoms. The molecule has 6 nitrogen and oxygen atoms in total. The second-order valence-electron chi connectivity index (χ2n) is 2.78. The first-order chi connectivity index (χ1) is 7.83. The van der Waals surface area contributed by atoms with Crippen LogP contribution < -0.4 is 4.74 Å². The minimum absolute atomic E-state index is 0.00581. The van der Waals surface area contributed by atoms with E-state index in [0.29, 0.717) is 6.20 Å². The summed E-state index contributed by atoms with van der Waals surface area (Å²) in [6.45, 7) is 0. The van der Waals surface area contributed by atoms with Crippen molar-refractivity contribution in [2.45, 2.75) is 12.8 Å². The maximum absolute atomic E-state index is 11.9. The Morgan fingerprint density at radius 1 is 1.59 bits per heavy atom. The largest absolute Gasteiger partial charge is 0.573 e. The number of aromatic nitrogens is 1. The number of nitro groups is 1. The number of ether oxygens (including phenoxy) is 1. The maximum atomic E-state index is 11.9. The van der Waals surface area contributed by atoms with E-state index in [9.17, 15) is 23.3 Å². The molecule has 0 spiro atoms. The van der Waals surface area contributed by atoms with E-state index in [1.165, 1.54) is 0 Å². The summed E-state index contributed by atoms with van der Waals surface area (Å²) in [7, 11) is 0. The SMILES string of the molecule is N#CCc1cc([N+](=O)[O-])c(OC(F)(F)F)cn1. The third kappa shape index (κ3) is 3.60. The van der Waals surface area contributed by atoms with Gasteiger partial charge in [0.05, 0.1) is 29.3 Å². The summed E-state index contributed by atoms with van der Waals surface area (Å²) in [4.78, 5) is 12.9. The van der Waals surface area contributed by atoms with Gasteiger partial charge in [-0.15, -0.1) is 13.2 Å². The molecule has 1 heterocycles. The van der Waals surface area contributed by atoms with Crippen LogP contribution in [0.4, 0.5) is 18.9 Å². The Labute approximate surface area is 92.4 Å². The summed E-state index contributed by atoms with van der Waals surface area (Å²) in [5, 5.41) is 18.8. The van der Waals surface area contributed by atoms with Crippen LogP contribution in [0, 0.1) is 21.4 Å². The van der Waals surface area contributed by atoms with Crippen LogP contribution in [0.2, 0.25) is 0 Å². The standard InChI is InChI=1S/C8H4F3N3O3/c9-8(10,11)17-7-4-13-5(1-2-12)3-6(7)14(15)16/h3-4H,1H2. The Bertz CT molecular complexity index is 481. The van der Waals surface area contributed by atoms with Gasteiger partial charge >= 0.3 is 12.0 Å². The Morgan fingerprint density at radius 2 is 2.24 bits per heavy atom. The number of nitrogens with zero attached hydrogens (tertiary/aromatic N) is 3. The van der Waals surface area contributed by atoms with Crippen molar-refractivity contribution in [1.82, 2.24) is 4.98 Å². The lowest BCUT2D eigenvalue weighted by Crippen LogP contribution is -2.18. The second kappa shape index (κ2) is 4.65. The van der Waals surface area contributed by atoms with E-state index in [1.807, 2.05) is 0 Å². The average Bonchev–Trinajstić information content (AvgIpc) is 2.18. The van der Waals surface area contributed by atoms with E-state index in [-0.39, 0.29) is 12.1 Å². The van der Waals surface area contributed by atoms with Crippen LogP contribution in [0.3, 0.4) is 0 Å². The molecule has 0 aliphatic rings. The molecule has 0 aromatic carbocycles. The Hall–Kier alpha value is -2.37. The van der Waals surface area contributed by atoms with Gasteiger partial charge in [0.2, 0.25) is 5.75 Å². The van der Waals surface area contributed by atoms with Crippen LogP contribution in [-0.4, -0.2) is 16.3 Å². The van der Waals surface area contributed by atoms with Gasteiger partial charge in [-0.05, 0) is 0 Å². The van der Waals surface area contributed by atoms with Crippen molar-refractivity contribution >= 4 is 5.69 Å². The fraction of sp³-hybridized carbons (Fsp3) is 0.250. The Morgan fingerprint density at radius 3 is 2.71 bits per heavy atom. The van der Waals surface area contributed by atoms with Gasteiger partial charge in [0.25, 0.3) is 0 Å². The van der Waals surface area contributed by atoms with Gasteiger partial charge in [0.1, 0.15) is 0 Å². The van der Waals surface area contributed by atoms with E-state index >= 15 is 0 Å². The lowest BCUT2D eigenvalue weighted by Gasteiger charge is -2.08. The lowest BCUT2D eigenvalue weighted by molar-refractivity contribution is -0.388. The summed E-state index contributed by atoms with van der Waals surface area (Å²) < 4.78 is 39.2. The topological polar surface area (TPSA) is 89.0 Å². The molecule has 0 atom stereocenters. The zero-order chi connectivity index (χ0) is 13.1. The average molecular weight is 247 g/mol.